The van der Waals surface area contributed by atoms with Gasteiger partial charge in [0.1, 0.15) is 6.04 Å². The Labute approximate surface area is 81.5 Å². The van der Waals surface area contributed by atoms with Gasteiger partial charge in [-0.15, -0.1) is 12.4 Å². The summed E-state index contributed by atoms with van der Waals surface area (Å²) in [4.78, 5) is 0. The van der Waals surface area contributed by atoms with Crippen LogP contribution in [0.5, 0.6) is 0 Å². The molecule has 0 aromatic rings. The van der Waals surface area contributed by atoms with Gasteiger partial charge in [-0.25, -0.2) is 0 Å². The van der Waals surface area contributed by atoms with Gasteiger partial charge in [-0.05, 0) is 32.1 Å². The maximum Gasteiger partial charge on any atom is 0.403 e. The molecule has 2 rings (SSSR count). The van der Waals surface area contributed by atoms with Crippen molar-refractivity contribution in [3.63, 3.8) is 0 Å². The van der Waals surface area contributed by atoms with Crippen LogP contribution in [0.4, 0.5) is 13.2 Å². The molecule has 0 bridgehead atoms. The number of hydrogen-bond acceptors (Lipinski definition) is 1. The normalized spacial score (nSPS) is 31.2. The Kier molecular flexibility index (Phi) is 2.83. The average molecular weight is 216 g/mol. The number of halogens is 4. The van der Waals surface area contributed by atoms with Crippen LogP contribution in [0.3, 0.4) is 0 Å². The zero-order valence-electron chi connectivity index (χ0n) is 7.16. The first kappa shape index (κ1) is 11.1. The van der Waals surface area contributed by atoms with E-state index in [0.29, 0.717) is 0 Å². The summed E-state index contributed by atoms with van der Waals surface area (Å²) in [5, 5.41) is 2.72. The molecule has 13 heavy (non-hydrogen) atoms. The van der Waals surface area contributed by atoms with Crippen molar-refractivity contribution in [1.29, 1.82) is 0 Å². The minimum atomic E-state index is -4.05. The molecule has 78 valence electrons. The van der Waals surface area contributed by atoms with Crippen LogP contribution in [-0.2, 0) is 0 Å². The van der Waals surface area contributed by atoms with Crippen molar-refractivity contribution in [3.8, 4) is 0 Å². The molecule has 1 spiro atoms. The Balaban J connectivity index is 0.000000845. The molecule has 2 aliphatic rings. The van der Waals surface area contributed by atoms with Crippen LogP contribution in [0.25, 0.3) is 0 Å². The molecule has 2 fully saturated rings. The fourth-order valence-electron chi connectivity index (χ4n) is 1.95. The highest BCUT2D eigenvalue weighted by atomic mass is 35.5. The Morgan fingerprint density at radius 1 is 1.15 bits per heavy atom. The Morgan fingerprint density at radius 2 is 1.77 bits per heavy atom. The van der Waals surface area contributed by atoms with Crippen molar-refractivity contribution in [3.05, 3.63) is 0 Å². The van der Waals surface area contributed by atoms with Crippen molar-refractivity contribution in [1.82, 2.24) is 5.32 Å². The van der Waals surface area contributed by atoms with Gasteiger partial charge in [0.05, 0.1) is 0 Å². The van der Waals surface area contributed by atoms with E-state index in [2.05, 4.69) is 5.32 Å². The zero-order chi connectivity index (χ0) is 8.82. The first-order chi connectivity index (χ1) is 5.52. The van der Waals surface area contributed by atoms with Gasteiger partial charge in [0, 0.05) is 5.54 Å². The van der Waals surface area contributed by atoms with E-state index >= 15 is 0 Å². The minimum Gasteiger partial charge on any atom is -0.301 e. The van der Waals surface area contributed by atoms with Gasteiger partial charge in [-0.2, -0.15) is 13.2 Å². The van der Waals surface area contributed by atoms with Crippen LogP contribution in [0.1, 0.15) is 32.1 Å². The van der Waals surface area contributed by atoms with Crippen LogP contribution in [0.15, 0.2) is 0 Å². The van der Waals surface area contributed by atoms with Gasteiger partial charge >= 0.3 is 6.18 Å². The summed E-state index contributed by atoms with van der Waals surface area (Å²) in [6.45, 7) is 0. The van der Waals surface area contributed by atoms with Gasteiger partial charge in [0.2, 0.25) is 0 Å². The quantitative estimate of drug-likeness (QED) is 0.655. The highest BCUT2D eigenvalue weighted by Crippen LogP contribution is 2.45. The summed E-state index contributed by atoms with van der Waals surface area (Å²) in [7, 11) is 0. The third-order valence-corrected chi connectivity index (χ3v) is 2.88. The van der Waals surface area contributed by atoms with E-state index in [1.54, 1.807) is 0 Å². The predicted octanol–water partition coefficient (Wildman–Crippen LogP) is 2.65. The smallest absolute Gasteiger partial charge is 0.301 e. The fraction of sp³-hybridized carbons (Fsp3) is 1.00. The fourth-order valence-corrected chi connectivity index (χ4v) is 1.95. The Morgan fingerprint density at radius 3 is 2.23 bits per heavy atom. The van der Waals surface area contributed by atoms with Crippen LogP contribution in [-0.4, -0.2) is 17.8 Å². The molecule has 1 N–H and O–H groups in total. The lowest BCUT2D eigenvalue weighted by Gasteiger charge is -2.32. The van der Waals surface area contributed by atoms with Crippen molar-refractivity contribution in [2.75, 3.05) is 0 Å². The average Bonchev–Trinajstić information content (AvgIpc) is 2.68. The molecule has 1 unspecified atom stereocenters. The molecule has 1 saturated heterocycles. The molecular formula is C8H13ClF3N. The van der Waals surface area contributed by atoms with Gasteiger partial charge < -0.3 is 5.32 Å². The summed E-state index contributed by atoms with van der Waals surface area (Å²) < 4.78 is 36.7. The monoisotopic (exact) mass is 215 g/mol. The van der Waals surface area contributed by atoms with E-state index in [1.807, 2.05) is 0 Å². The SMILES string of the molecule is Cl.FC(F)(F)C1CCCC2(CC2)N1. The van der Waals surface area contributed by atoms with Crippen LogP contribution in [0.2, 0.25) is 0 Å². The van der Waals surface area contributed by atoms with E-state index in [0.717, 1.165) is 25.7 Å². The largest absolute Gasteiger partial charge is 0.403 e. The van der Waals surface area contributed by atoms with Crippen LogP contribution in [0, 0.1) is 0 Å². The predicted molar refractivity (Wildman–Crippen MR) is 46.0 cm³/mol. The highest BCUT2D eigenvalue weighted by molar-refractivity contribution is 5.85. The van der Waals surface area contributed by atoms with Gasteiger partial charge in [-0.1, -0.05) is 0 Å². The van der Waals surface area contributed by atoms with Crippen molar-refractivity contribution in [2.45, 2.75) is 49.9 Å². The second kappa shape index (κ2) is 3.31. The van der Waals surface area contributed by atoms with E-state index in [4.69, 9.17) is 0 Å². The Bertz CT molecular complexity index is 188. The lowest BCUT2D eigenvalue weighted by atomic mass is 9.96. The molecule has 1 atom stereocenters. The lowest BCUT2D eigenvalue weighted by Crippen LogP contribution is -2.51. The van der Waals surface area contributed by atoms with E-state index in [-0.39, 0.29) is 24.4 Å². The summed E-state index contributed by atoms with van der Waals surface area (Å²) >= 11 is 0. The number of alkyl halides is 3. The van der Waals surface area contributed by atoms with Crippen molar-refractivity contribution >= 4 is 12.4 Å². The molecule has 1 heterocycles. The van der Waals surface area contributed by atoms with E-state index in [1.165, 1.54) is 0 Å². The first-order valence-electron chi connectivity index (χ1n) is 4.36. The molecular weight excluding hydrogens is 203 g/mol. The minimum absolute atomic E-state index is 0. The number of nitrogens with one attached hydrogen (secondary N) is 1. The summed E-state index contributed by atoms with van der Waals surface area (Å²) in [5.74, 6) is 0. The molecule has 1 aliphatic heterocycles. The summed E-state index contributed by atoms with van der Waals surface area (Å²) in [6.07, 6.45) is -0.281. The van der Waals surface area contributed by atoms with Crippen LogP contribution < -0.4 is 5.32 Å². The number of rotatable bonds is 0. The first-order valence-corrected chi connectivity index (χ1v) is 4.36. The molecule has 0 aromatic heterocycles. The second-order valence-electron chi connectivity index (χ2n) is 3.91. The third-order valence-electron chi connectivity index (χ3n) is 2.88. The van der Waals surface area contributed by atoms with E-state index < -0.39 is 12.2 Å². The van der Waals surface area contributed by atoms with Crippen molar-refractivity contribution < 1.29 is 13.2 Å². The zero-order valence-corrected chi connectivity index (χ0v) is 7.97. The molecule has 0 radical (unpaired) electrons. The van der Waals surface area contributed by atoms with Gasteiger partial charge in [0.15, 0.2) is 0 Å². The third kappa shape index (κ3) is 2.29. The molecule has 1 nitrogen and oxygen atoms in total. The van der Waals surface area contributed by atoms with Crippen molar-refractivity contribution in [2.24, 2.45) is 0 Å². The topological polar surface area (TPSA) is 12.0 Å². The molecule has 0 amide bonds. The maximum atomic E-state index is 12.2. The lowest BCUT2D eigenvalue weighted by molar-refractivity contribution is -0.164. The molecule has 1 aliphatic carbocycles. The number of piperidine rings is 1. The maximum absolute atomic E-state index is 12.2. The molecule has 1 saturated carbocycles. The summed E-state index contributed by atoms with van der Waals surface area (Å²) in [6, 6.07) is -1.24. The van der Waals surface area contributed by atoms with Gasteiger partial charge in [0.25, 0.3) is 0 Å². The molecule has 0 aromatic carbocycles. The number of hydrogen-bond donors (Lipinski definition) is 1. The Hall–Kier alpha value is 0.0400. The van der Waals surface area contributed by atoms with Crippen LogP contribution >= 0.6 is 12.4 Å². The highest BCUT2D eigenvalue weighted by Gasteiger charge is 2.52. The van der Waals surface area contributed by atoms with E-state index in [9.17, 15) is 13.2 Å². The van der Waals surface area contributed by atoms with Gasteiger partial charge in [-0.3, -0.25) is 0 Å². The summed E-state index contributed by atoms with van der Waals surface area (Å²) in [5.41, 5.74) is -0.113. The molecule has 5 heteroatoms. The standard InChI is InChI=1S/C8H12F3N.ClH/c9-8(10,11)6-2-1-3-7(12-6)4-5-7;/h6,12H,1-5H2;1H. The second-order valence-corrected chi connectivity index (χ2v) is 3.91.